The minimum Gasteiger partial charge on any atom is -0.468 e. The van der Waals surface area contributed by atoms with E-state index in [9.17, 15) is 9.59 Å². The molecule has 0 fully saturated rings. The zero-order valence-corrected chi connectivity index (χ0v) is 14.4. The highest BCUT2D eigenvalue weighted by Crippen LogP contribution is 2.28. The molecule has 0 aliphatic carbocycles. The highest BCUT2D eigenvalue weighted by molar-refractivity contribution is 9.10. The maximum Gasteiger partial charge on any atom is 0.325 e. The molecular weight excluding hydrogens is 342 g/mol. The van der Waals surface area contributed by atoms with Gasteiger partial charge >= 0.3 is 5.97 Å². The van der Waals surface area contributed by atoms with Gasteiger partial charge in [0, 0.05) is 16.4 Å². The van der Waals surface area contributed by atoms with Crippen LogP contribution in [0.1, 0.15) is 11.1 Å². The second kappa shape index (κ2) is 7.69. The number of halogens is 1. The van der Waals surface area contributed by atoms with Crippen LogP contribution >= 0.6 is 27.7 Å². The van der Waals surface area contributed by atoms with Crippen molar-refractivity contribution in [2.75, 3.05) is 26.5 Å². The molecule has 110 valence electrons. The number of nitrogens with zero attached hydrogens (tertiary/aromatic N) is 1. The SMILES string of the molecule is COC(=O)CN(C)C(=O)CSc1cc(C)c(Br)cc1C. The summed E-state index contributed by atoms with van der Waals surface area (Å²) in [4.78, 5) is 25.5. The first-order chi connectivity index (χ1) is 9.35. The van der Waals surface area contributed by atoms with Gasteiger partial charge in [-0.05, 0) is 37.1 Å². The van der Waals surface area contributed by atoms with Gasteiger partial charge in [-0.3, -0.25) is 9.59 Å². The minimum absolute atomic E-state index is 0.0196. The second-order valence-corrected chi connectivity index (χ2v) is 6.35. The molecule has 0 saturated carbocycles. The molecule has 0 aliphatic heterocycles. The normalized spacial score (nSPS) is 10.2. The van der Waals surface area contributed by atoms with Gasteiger partial charge in [-0.1, -0.05) is 15.9 Å². The number of esters is 1. The fourth-order valence-corrected chi connectivity index (χ4v) is 3.01. The Bertz CT molecular complexity index is 519. The van der Waals surface area contributed by atoms with Crippen molar-refractivity contribution in [1.82, 2.24) is 4.90 Å². The van der Waals surface area contributed by atoms with E-state index >= 15 is 0 Å². The van der Waals surface area contributed by atoms with E-state index in [1.165, 1.54) is 23.8 Å². The highest BCUT2D eigenvalue weighted by Gasteiger charge is 2.14. The van der Waals surface area contributed by atoms with Gasteiger partial charge in [0.1, 0.15) is 6.54 Å². The number of amides is 1. The number of methoxy groups -OCH3 is 1. The van der Waals surface area contributed by atoms with Crippen molar-refractivity contribution in [2.45, 2.75) is 18.7 Å². The molecule has 0 spiro atoms. The molecule has 1 aromatic carbocycles. The maximum absolute atomic E-state index is 11.9. The van der Waals surface area contributed by atoms with Crippen molar-refractivity contribution in [2.24, 2.45) is 0 Å². The zero-order valence-electron chi connectivity index (χ0n) is 12.0. The number of carbonyl (C=O) groups is 2. The molecule has 0 N–H and O–H groups in total. The van der Waals surface area contributed by atoms with Crippen LogP contribution in [-0.2, 0) is 14.3 Å². The van der Waals surface area contributed by atoms with E-state index in [1.54, 1.807) is 7.05 Å². The Morgan fingerprint density at radius 1 is 1.30 bits per heavy atom. The van der Waals surface area contributed by atoms with E-state index in [1.807, 2.05) is 19.9 Å². The van der Waals surface area contributed by atoms with Crippen LogP contribution in [0, 0.1) is 13.8 Å². The van der Waals surface area contributed by atoms with E-state index in [2.05, 4.69) is 26.7 Å². The number of carbonyl (C=O) groups excluding carboxylic acids is 2. The van der Waals surface area contributed by atoms with Gasteiger partial charge in [-0.25, -0.2) is 0 Å². The molecule has 4 nitrogen and oxygen atoms in total. The summed E-state index contributed by atoms with van der Waals surface area (Å²) >= 11 is 4.96. The maximum atomic E-state index is 11.9. The number of likely N-dealkylation sites (N-methyl/N-ethyl adjacent to an activating group) is 1. The van der Waals surface area contributed by atoms with Gasteiger partial charge < -0.3 is 9.64 Å². The Morgan fingerprint density at radius 2 is 1.95 bits per heavy atom. The predicted octanol–water partition coefficient (Wildman–Crippen LogP) is 2.79. The van der Waals surface area contributed by atoms with Gasteiger partial charge in [-0.2, -0.15) is 0 Å². The quantitative estimate of drug-likeness (QED) is 0.599. The lowest BCUT2D eigenvalue weighted by atomic mass is 10.2. The van der Waals surface area contributed by atoms with Gasteiger partial charge in [0.2, 0.25) is 5.91 Å². The molecule has 1 rings (SSSR count). The third-order valence-corrected chi connectivity index (χ3v) is 4.82. The van der Waals surface area contributed by atoms with Crippen molar-refractivity contribution in [3.8, 4) is 0 Å². The number of thioether (sulfide) groups is 1. The average Bonchev–Trinajstić information content (AvgIpc) is 2.40. The Morgan fingerprint density at radius 3 is 2.55 bits per heavy atom. The number of hydrogen-bond acceptors (Lipinski definition) is 4. The lowest BCUT2D eigenvalue weighted by Crippen LogP contribution is -2.33. The molecular formula is C14H18BrNO3S. The fourth-order valence-electron chi connectivity index (χ4n) is 1.51. The number of rotatable bonds is 5. The summed E-state index contributed by atoms with van der Waals surface area (Å²) in [6.07, 6.45) is 0. The molecule has 0 aromatic heterocycles. The van der Waals surface area contributed by atoms with E-state index in [-0.39, 0.29) is 12.5 Å². The first-order valence-electron chi connectivity index (χ1n) is 6.05. The summed E-state index contributed by atoms with van der Waals surface area (Å²) in [7, 11) is 2.91. The minimum atomic E-state index is -0.415. The second-order valence-electron chi connectivity index (χ2n) is 4.48. The summed E-state index contributed by atoms with van der Waals surface area (Å²) in [6.45, 7) is 4.00. The Hall–Kier alpha value is -1.01. The van der Waals surface area contributed by atoms with Crippen molar-refractivity contribution in [1.29, 1.82) is 0 Å². The third-order valence-electron chi connectivity index (χ3n) is 2.83. The Balaban J connectivity index is 2.61. The molecule has 20 heavy (non-hydrogen) atoms. The average molecular weight is 360 g/mol. The topological polar surface area (TPSA) is 46.6 Å². The number of benzene rings is 1. The summed E-state index contributed by atoms with van der Waals surface area (Å²) in [5.74, 6) is -0.211. The molecule has 0 atom stereocenters. The third kappa shape index (κ3) is 4.83. The van der Waals surface area contributed by atoms with Crippen LogP contribution in [0.3, 0.4) is 0 Å². The number of ether oxygens (including phenoxy) is 1. The van der Waals surface area contributed by atoms with Crippen molar-refractivity contribution < 1.29 is 14.3 Å². The summed E-state index contributed by atoms with van der Waals surface area (Å²) < 4.78 is 5.60. The van der Waals surface area contributed by atoms with Crippen molar-refractivity contribution in [3.63, 3.8) is 0 Å². The number of aryl methyl sites for hydroxylation is 2. The van der Waals surface area contributed by atoms with Crippen LogP contribution in [0.4, 0.5) is 0 Å². The smallest absolute Gasteiger partial charge is 0.325 e. The Kier molecular flexibility index (Phi) is 6.55. The summed E-state index contributed by atoms with van der Waals surface area (Å²) in [6, 6.07) is 4.10. The Labute approximate surface area is 132 Å². The van der Waals surface area contributed by atoms with Gasteiger partial charge in [0.25, 0.3) is 0 Å². The molecule has 0 aliphatic rings. The molecule has 0 saturated heterocycles. The monoisotopic (exact) mass is 359 g/mol. The molecule has 0 radical (unpaired) electrons. The lowest BCUT2D eigenvalue weighted by molar-refractivity contribution is -0.145. The van der Waals surface area contributed by atoms with Crippen LogP contribution < -0.4 is 0 Å². The van der Waals surface area contributed by atoms with Crippen molar-refractivity contribution >= 4 is 39.6 Å². The summed E-state index contributed by atoms with van der Waals surface area (Å²) in [5, 5.41) is 0. The van der Waals surface area contributed by atoms with E-state index in [4.69, 9.17) is 0 Å². The van der Waals surface area contributed by atoms with Gasteiger partial charge in [-0.15, -0.1) is 11.8 Å². The molecule has 1 amide bonds. The highest BCUT2D eigenvalue weighted by atomic mass is 79.9. The predicted molar refractivity (Wildman–Crippen MR) is 84.0 cm³/mol. The van der Waals surface area contributed by atoms with E-state index < -0.39 is 5.97 Å². The van der Waals surface area contributed by atoms with Crippen molar-refractivity contribution in [3.05, 3.63) is 27.7 Å². The van der Waals surface area contributed by atoms with Crippen LogP contribution in [-0.4, -0.2) is 43.2 Å². The van der Waals surface area contributed by atoms with Crippen LogP contribution in [0.5, 0.6) is 0 Å². The molecule has 1 aromatic rings. The summed E-state index contributed by atoms with van der Waals surface area (Å²) in [5.41, 5.74) is 2.25. The molecule has 6 heteroatoms. The largest absolute Gasteiger partial charge is 0.468 e. The zero-order chi connectivity index (χ0) is 15.3. The van der Waals surface area contributed by atoms with Gasteiger partial charge in [0.15, 0.2) is 0 Å². The lowest BCUT2D eigenvalue weighted by Gasteiger charge is -2.16. The molecule has 0 heterocycles. The van der Waals surface area contributed by atoms with E-state index in [0.717, 1.165) is 20.5 Å². The standard InChI is InChI=1S/C14H18BrNO3S/c1-9-6-12(10(2)5-11(9)15)20-8-13(17)16(3)7-14(18)19-4/h5-6H,7-8H2,1-4H3. The van der Waals surface area contributed by atoms with E-state index in [0.29, 0.717) is 5.75 Å². The van der Waals surface area contributed by atoms with Crippen LogP contribution in [0.2, 0.25) is 0 Å². The number of hydrogen-bond donors (Lipinski definition) is 0. The van der Waals surface area contributed by atoms with Gasteiger partial charge in [0.05, 0.1) is 12.9 Å². The molecule has 0 unspecified atom stereocenters. The fraction of sp³-hybridized carbons (Fsp3) is 0.429. The first-order valence-corrected chi connectivity index (χ1v) is 7.83. The van der Waals surface area contributed by atoms with Crippen LogP contribution in [0.15, 0.2) is 21.5 Å². The first kappa shape index (κ1) is 17.0. The van der Waals surface area contributed by atoms with Crippen LogP contribution in [0.25, 0.3) is 0 Å². The molecule has 0 bridgehead atoms.